The average Bonchev–Trinajstić information content (AvgIpc) is 2.66. The highest BCUT2D eigenvalue weighted by atomic mass is 16.6. The Morgan fingerprint density at radius 3 is 2.33 bits per heavy atom. The molecule has 1 aliphatic carbocycles. The summed E-state index contributed by atoms with van der Waals surface area (Å²) in [7, 11) is 1.77. The van der Waals surface area contributed by atoms with Gasteiger partial charge in [-0.1, -0.05) is 27.7 Å². The summed E-state index contributed by atoms with van der Waals surface area (Å²) in [5.41, 5.74) is 0.695. The van der Waals surface area contributed by atoms with Crippen LogP contribution in [0.15, 0.2) is 0 Å². The molecular formula is C15H26N4O2. The fourth-order valence-corrected chi connectivity index (χ4v) is 3.52. The molecule has 0 aliphatic heterocycles. The number of aryl methyl sites for hydroxylation is 1. The second kappa shape index (κ2) is 6.03. The molecule has 0 saturated heterocycles. The van der Waals surface area contributed by atoms with E-state index in [-0.39, 0.29) is 22.6 Å². The molecule has 1 saturated carbocycles. The first kappa shape index (κ1) is 15.8. The Morgan fingerprint density at radius 2 is 1.86 bits per heavy atom. The van der Waals surface area contributed by atoms with E-state index in [4.69, 9.17) is 0 Å². The molecule has 1 aliphatic rings. The Morgan fingerprint density at radius 1 is 1.29 bits per heavy atom. The zero-order valence-electron chi connectivity index (χ0n) is 13.6. The highest BCUT2D eigenvalue weighted by molar-refractivity contribution is 5.61. The number of nitrogens with zero attached hydrogens (tertiary/aromatic N) is 3. The summed E-state index contributed by atoms with van der Waals surface area (Å²) < 4.78 is 1.62. The predicted molar refractivity (Wildman–Crippen MR) is 83.5 cm³/mol. The van der Waals surface area contributed by atoms with Crippen molar-refractivity contribution in [2.75, 3.05) is 5.32 Å². The van der Waals surface area contributed by atoms with E-state index in [2.05, 4.69) is 24.3 Å². The van der Waals surface area contributed by atoms with Crippen LogP contribution in [0.25, 0.3) is 0 Å². The van der Waals surface area contributed by atoms with Crippen LogP contribution in [0.2, 0.25) is 0 Å². The zero-order valence-corrected chi connectivity index (χ0v) is 13.6. The molecule has 0 radical (unpaired) electrons. The minimum Gasteiger partial charge on any atom is -0.362 e. The van der Waals surface area contributed by atoms with Crippen molar-refractivity contribution in [2.45, 2.75) is 58.9 Å². The maximum absolute atomic E-state index is 11.4. The highest BCUT2D eigenvalue weighted by Crippen LogP contribution is 2.36. The van der Waals surface area contributed by atoms with E-state index in [0.29, 0.717) is 23.3 Å². The monoisotopic (exact) mass is 294 g/mol. The van der Waals surface area contributed by atoms with Crippen molar-refractivity contribution in [3.8, 4) is 0 Å². The van der Waals surface area contributed by atoms with Crippen molar-refractivity contribution in [2.24, 2.45) is 18.9 Å². The number of nitro groups is 1. The standard InChI is InChI=1S/C15H26N4O2/c1-9(2)13-14(19(20)21)15(18(5)17-13)16-12-7-10(3)6-11(4)8-12/h9-12,16H,6-8H2,1-5H3. The lowest BCUT2D eigenvalue weighted by Crippen LogP contribution is -2.31. The second-order valence-corrected chi connectivity index (χ2v) is 6.88. The summed E-state index contributed by atoms with van der Waals surface area (Å²) in [6.45, 7) is 8.37. The van der Waals surface area contributed by atoms with Crippen LogP contribution in [0.1, 0.15) is 58.6 Å². The molecule has 0 bridgehead atoms. The molecule has 0 amide bonds. The first-order valence-electron chi connectivity index (χ1n) is 7.77. The first-order chi connectivity index (χ1) is 9.79. The fraction of sp³-hybridized carbons (Fsp3) is 0.800. The van der Waals surface area contributed by atoms with Crippen molar-refractivity contribution < 1.29 is 4.92 Å². The Balaban J connectivity index is 2.29. The smallest absolute Gasteiger partial charge is 0.334 e. The Hall–Kier alpha value is -1.59. The van der Waals surface area contributed by atoms with Crippen LogP contribution in [-0.2, 0) is 7.05 Å². The highest BCUT2D eigenvalue weighted by Gasteiger charge is 2.31. The number of hydrogen-bond donors (Lipinski definition) is 1. The van der Waals surface area contributed by atoms with Crippen molar-refractivity contribution in [3.05, 3.63) is 15.8 Å². The van der Waals surface area contributed by atoms with Gasteiger partial charge in [-0.15, -0.1) is 0 Å². The summed E-state index contributed by atoms with van der Waals surface area (Å²) in [6.07, 6.45) is 3.36. The van der Waals surface area contributed by atoms with Crippen LogP contribution >= 0.6 is 0 Å². The Bertz CT molecular complexity index is 514. The number of anilines is 1. The molecule has 6 heteroatoms. The number of nitrogens with one attached hydrogen (secondary N) is 1. The summed E-state index contributed by atoms with van der Waals surface area (Å²) in [5.74, 6) is 1.90. The van der Waals surface area contributed by atoms with Gasteiger partial charge in [0, 0.05) is 19.0 Å². The second-order valence-electron chi connectivity index (χ2n) is 6.88. The van der Waals surface area contributed by atoms with Gasteiger partial charge in [-0.05, 0) is 31.1 Å². The number of aromatic nitrogens is 2. The van der Waals surface area contributed by atoms with E-state index in [1.807, 2.05) is 13.8 Å². The molecule has 118 valence electrons. The van der Waals surface area contributed by atoms with Gasteiger partial charge in [0.05, 0.1) is 4.92 Å². The van der Waals surface area contributed by atoms with Crippen LogP contribution in [0, 0.1) is 22.0 Å². The lowest BCUT2D eigenvalue weighted by molar-refractivity contribution is -0.384. The quantitative estimate of drug-likeness (QED) is 0.679. The molecule has 6 nitrogen and oxygen atoms in total. The largest absolute Gasteiger partial charge is 0.362 e. The Labute approximate surface area is 126 Å². The molecule has 2 rings (SSSR count). The molecule has 0 aromatic carbocycles. The number of rotatable bonds is 4. The molecule has 1 N–H and O–H groups in total. The summed E-state index contributed by atoms with van der Waals surface area (Å²) in [5, 5.41) is 19.2. The summed E-state index contributed by atoms with van der Waals surface area (Å²) >= 11 is 0. The number of hydrogen-bond acceptors (Lipinski definition) is 4. The molecule has 0 spiro atoms. The third kappa shape index (κ3) is 3.36. The van der Waals surface area contributed by atoms with E-state index in [0.717, 1.165) is 12.8 Å². The molecule has 1 aromatic rings. The van der Waals surface area contributed by atoms with E-state index < -0.39 is 0 Å². The van der Waals surface area contributed by atoms with Crippen LogP contribution in [0.5, 0.6) is 0 Å². The maximum atomic E-state index is 11.4. The fourth-order valence-electron chi connectivity index (χ4n) is 3.52. The van der Waals surface area contributed by atoms with Crippen molar-refractivity contribution in [1.82, 2.24) is 9.78 Å². The average molecular weight is 294 g/mol. The maximum Gasteiger partial charge on any atom is 0.334 e. The van der Waals surface area contributed by atoms with Gasteiger partial charge in [0.1, 0.15) is 5.69 Å². The molecule has 1 aromatic heterocycles. The molecule has 1 fully saturated rings. The van der Waals surface area contributed by atoms with E-state index in [1.54, 1.807) is 11.7 Å². The topological polar surface area (TPSA) is 73.0 Å². The Kier molecular flexibility index (Phi) is 4.54. The molecule has 21 heavy (non-hydrogen) atoms. The van der Waals surface area contributed by atoms with Gasteiger partial charge in [-0.25, -0.2) is 4.68 Å². The van der Waals surface area contributed by atoms with Crippen LogP contribution in [0.4, 0.5) is 11.5 Å². The van der Waals surface area contributed by atoms with Crippen molar-refractivity contribution in [1.29, 1.82) is 0 Å². The normalized spacial score (nSPS) is 26.1. The minimum atomic E-state index is -0.305. The summed E-state index contributed by atoms with van der Waals surface area (Å²) in [4.78, 5) is 11.1. The third-order valence-electron chi connectivity index (χ3n) is 4.30. The van der Waals surface area contributed by atoms with Gasteiger partial charge in [-0.3, -0.25) is 10.1 Å². The van der Waals surface area contributed by atoms with Crippen LogP contribution < -0.4 is 5.32 Å². The molecule has 2 unspecified atom stereocenters. The van der Waals surface area contributed by atoms with Gasteiger partial charge < -0.3 is 5.32 Å². The summed E-state index contributed by atoms with van der Waals surface area (Å²) in [6, 6.07) is 0.290. The zero-order chi connectivity index (χ0) is 15.7. The minimum absolute atomic E-state index is 0.0383. The van der Waals surface area contributed by atoms with E-state index >= 15 is 0 Å². The van der Waals surface area contributed by atoms with Gasteiger partial charge in [-0.2, -0.15) is 5.10 Å². The predicted octanol–water partition coefficient (Wildman–Crippen LogP) is 3.69. The van der Waals surface area contributed by atoms with E-state index in [9.17, 15) is 10.1 Å². The molecule has 2 atom stereocenters. The van der Waals surface area contributed by atoms with Crippen LogP contribution in [-0.4, -0.2) is 20.7 Å². The van der Waals surface area contributed by atoms with Crippen LogP contribution in [0.3, 0.4) is 0 Å². The lowest BCUT2D eigenvalue weighted by atomic mass is 9.80. The first-order valence-corrected chi connectivity index (χ1v) is 7.77. The van der Waals surface area contributed by atoms with E-state index in [1.165, 1.54) is 6.42 Å². The van der Waals surface area contributed by atoms with Crippen molar-refractivity contribution in [3.63, 3.8) is 0 Å². The van der Waals surface area contributed by atoms with Crippen molar-refractivity contribution >= 4 is 11.5 Å². The van der Waals surface area contributed by atoms with Gasteiger partial charge in [0.15, 0.2) is 0 Å². The lowest BCUT2D eigenvalue weighted by Gasteiger charge is -2.32. The molecular weight excluding hydrogens is 268 g/mol. The molecule has 1 heterocycles. The van der Waals surface area contributed by atoms with Gasteiger partial charge in [0.25, 0.3) is 0 Å². The SMILES string of the molecule is CC1CC(C)CC(Nc2c([N+](=O)[O-])c(C(C)C)nn2C)C1. The van der Waals surface area contributed by atoms with Gasteiger partial charge >= 0.3 is 5.69 Å². The third-order valence-corrected chi connectivity index (χ3v) is 4.30. The van der Waals surface area contributed by atoms with Gasteiger partial charge in [0.2, 0.25) is 5.82 Å².